The predicted octanol–water partition coefficient (Wildman–Crippen LogP) is 6.22. The number of nitrogens with zero attached hydrogens (tertiary/aromatic N) is 1. The zero-order chi connectivity index (χ0) is 23.4. The molecule has 0 radical (unpaired) electrons. The minimum atomic E-state index is -0.721. The highest BCUT2D eigenvalue weighted by Gasteiger charge is 2.60. The van der Waals surface area contributed by atoms with Crippen LogP contribution in [0.15, 0.2) is 23.3 Å². The minimum absolute atomic E-state index is 0.112. The standard InChI is InChI=1S/C28H43NO3/c1-17(2)29(18(3)4)26(32)24-10-9-22-21-8-7-20-15-19(16-25(30)31)11-13-27(20,5)23(21)12-14-28(22,24)6/h7,15,17-18,21-24H,8-14,16H2,1-6H3,(H,30,31)/t21?,22?,23?,24-,27+,28+/m1/s1. The van der Waals surface area contributed by atoms with Gasteiger partial charge in [-0.1, -0.05) is 31.6 Å². The molecule has 0 saturated heterocycles. The first-order chi connectivity index (χ1) is 15.0. The van der Waals surface area contributed by atoms with Crippen LogP contribution in [0.3, 0.4) is 0 Å². The molecule has 0 aromatic rings. The van der Waals surface area contributed by atoms with E-state index in [1.807, 2.05) is 0 Å². The zero-order valence-electron chi connectivity index (χ0n) is 21.0. The molecule has 0 bridgehead atoms. The van der Waals surface area contributed by atoms with Crippen LogP contribution in [-0.2, 0) is 9.59 Å². The Hall–Kier alpha value is -1.58. The Bertz CT molecular complexity index is 832. The maximum absolute atomic E-state index is 13.7. The molecule has 2 saturated carbocycles. The van der Waals surface area contributed by atoms with Gasteiger partial charge in [-0.15, -0.1) is 0 Å². The third kappa shape index (κ3) is 3.66. The van der Waals surface area contributed by atoms with Crippen LogP contribution in [0.1, 0.15) is 92.9 Å². The van der Waals surface area contributed by atoms with E-state index in [4.69, 9.17) is 0 Å². The van der Waals surface area contributed by atoms with E-state index in [0.717, 1.165) is 37.7 Å². The summed E-state index contributed by atoms with van der Waals surface area (Å²) in [7, 11) is 0. The zero-order valence-corrected chi connectivity index (χ0v) is 21.0. The molecule has 0 spiro atoms. The number of fused-ring (bicyclic) bond motifs is 5. The fraction of sp³-hybridized carbons (Fsp3) is 0.786. The van der Waals surface area contributed by atoms with Crippen molar-refractivity contribution < 1.29 is 14.7 Å². The summed E-state index contributed by atoms with van der Waals surface area (Å²) >= 11 is 0. The second-order valence-electron chi connectivity index (χ2n) is 12.2. The van der Waals surface area contributed by atoms with Gasteiger partial charge in [0.2, 0.25) is 5.91 Å². The molecule has 1 N–H and O–H groups in total. The van der Waals surface area contributed by atoms with E-state index in [-0.39, 0.29) is 35.3 Å². The lowest BCUT2D eigenvalue weighted by Crippen LogP contribution is -2.53. The quantitative estimate of drug-likeness (QED) is 0.551. The van der Waals surface area contributed by atoms with Gasteiger partial charge in [0, 0.05) is 18.0 Å². The molecule has 0 aromatic carbocycles. The summed E-state index contributed by atoms with van der Waals surface area (Å²) in [6, 6.07) is 0.490. The van der Waals surface area contributed by atoms with Gasteiger partial charge in [0.05, 0.1) is 6.42 Å². The fourth-order valence-corrected chi connectivity index (χ4v) is 8.41. The van der Waals surface area contributed by atoms with Gasteiger partial charge in [0.25, 0.3) is 0 Å². The van der Waals surface area contributed by atoms with Crippen molar-refractivity contribution in [3.05, 3.63) is 23.3 Å². The lowest BCUT2D eigenvalue weighted by molar-refractivity contribution is -0.146. The topological polar surface area (TPSA) is 57.6 Å². The highest BCUT2D eigenvalue weighted by molar-refractivity contribution is 5.80. The lowest BCUT2D eigenvalue weighted by Gasteiger charge is -2.57. The molecule has 178 valence electrons. The Labute approximate surface area is 194 Å². The molecule has 4 heteroatoms. The molecule has 4 aliphatic carbocycles. The monoisotopic (exact) mass is 441 g/mol. The second kappa shape index (κ2) is 8.33. The maximum atomic E-state index is 13.7. The third-order valence-corrected chi connectivity index (χ3v) is 9.89. The molecule has 3 unspecified atom stereocenters. The SMILES string of the molecule is CC(C)N(C(=O)[C@H]1CCC2C3CC=C4C=C(CC(=O)O)CC[C@]4(C)C3CC[C@@]21C)C(C)C. The maximum Gasteiger partial charge on any atom is 0.307 e. The van der Waals surface area contributed by atoms with Gasteiger partial charge in [-0.3, -0.25) is 9.59 Å². The molecule has 0 heterocycles. The van der Waals surface area contributed by atoms with Gasteiger partial charge in [0.15, 0.2) is 0 Å². The summed E-state index contributed by atoms with van der Waals surface area (Å²) in [5, 5.41) is 9.23. The van der Waals surface area contributed by atoms with E-state index in [2.05, 4.69) is 58.6 Å². The van der Waals surface area contributed by atoms with Crippen LogP contribution in [0.5, 0.6) is 0 Å². The van der Waals surface area contributed by atoms with Gasteiger partial charge in [-0.2, -0.15) is 0 Å². The summed E-state index contributed by atoms with van der Waals surface area (Å²) in [5.41, 5.74) is 2.74. The van der Waals surface area contributed by atoms with Crippen LogP contribution >= 0.6 is 0 Å². The molecular weight excluding hydrogens is 398 g/mol. The number of hydrogen-bond donors (Lipinski definition) is 1. The summed E-state index contributed by atoms with van der Waals surface area (Å²) in [4.78, 5) is 27.1. The van der Waals surface area contributed by atoms with E-state index in [1.54, 1.807) is 0 Å². The number of amides is 1. The first-order valence-corrected chi connectivity index (χ1v) is 12.9. The van der Waals surface area contributed by atoms with Crippen LogP contribution in [0, 0.1) is 34.5 Å². The summed E-state index contributed by atoms with van der Waals surface area (Å²) < 4.78 is 0. The number of carboxylic acid groups (broad SMARTS) is 1. The van der Waals surface area contributed by atoms with E-state index >= 15 is 0 Å². The third-order valence-electron chi connectivity index (χ3n) is 9.89. The van der Waals surface area contributed by atoms with Crippen molar-refractivity contribution in [3.63, 3.8) is 0 Å². The van der Waals surface area contributed by atoms with Crippen molar-refractivity contribution in [2.45, 2.75) is 105 Å². The summed E-state index contributed by atoms with van der Waals surface area (Å²) in [6.45, 7) is 13.4. The van der Waals surface area contributed by atoms with E-state index < -0.39 is 5.97 Å². The smallest absolute Gasteiger partial charge is 0.307 e. The predicted molar refractivity (Wildman–Crippen MR) is 128 cm³/mol. The first-order valence-electron chi connectivity index (χ1n) is 12.9. The Balaban J connectivity index is 1.59. The number of hydrogen-bond acceptors (Lipinski definition) is 2. The highest BCUT2D eigenvalue weighted by atomic mass is 16.4. The molecule has 0 aromatic heterocycles. The number of rotatable bonds is 5. The Morgan fingerprint density at radius 3 is 2.38 bits per heavy atom. The highest BCUT2D eigenvalue weighted by Crippen LogP contribution is 2.66. The molecule has 4 rings (SSSR count). The second-order valence-corrected chi connectivity index (χ2v) is 12.2. The van der Waals surface area contributed by atoms with Crippen LogP contribution in [0.2, 0.25) is 0 Å². The molecule has 32 heavy (non-hydrogen) atoms. The fourth-order valence-electron chi connectivity index (χ4n) is 8.41. The average Bonchev–Trinajstić information content (AvgIpc) is 3.04. The molecule has 1 amide bonds. The molecule has 6 atom stereocenters. The van der Waals surface area contributed by atoms with Gasteiger partial charge < -0.3 is 10.0 Å². The molecular formula is C28H43NO3. The summed E-state index contributed by atoms with van der Waals surface area (Å²) in [6.07, 6.45) is 12.4. The van der Waals surface area contributed by atoms with Gasteiger partial charge in [0.1, 0.15) is 0 Å². The van der Waals surface area contributed by atoms with Crippen LogP contribution in [-0.4, -0.2) is 34.0 Å². The van der Waals surface area contributed by atoms with Crippen molar-refractivity contribution in [2.75, 3.05) is 0 Å². The van der Waals surface area contributed by atoms with Crippen molar-refractivity contribution in [1.82, 2.24) is 4.90 Å². The van der Waals surface area contributed by atoms with Gasteiger partial charge in [-0.05, 0) is 107 Å². The lowest BCUT2D eigenvalue weighted by atomic mass is 9.48. The van der Waals surface area contributed by atoms with Gasteiger partial charge in [-0.25, -0.2) is 0 Å². The largest absolute Gasteiger partial charge is 0.481 e. The van der Waals surface area contributed by atoms with Crippen LogP contribution < -0.4 is 0 Å². The summed E-state index contributed by atoms with van der Waals surface area (Å²) in [5.74, 6) is 1.75. The van der Waals surface area contributed by atoms with Crippen LogP contribution in [0.25, 0.3) is 0 Å². The van der Waals surface area contributed by atoms with Crippen molar-refractivity contribution >= 4 is 11.9 Å². The van der Waals surface area contributed by atoms with Gasteiger partial charge >= 0.3 is 5.97 Å². The van der Waals surface area contributed by atoms with E-state index in [9.17, 15) is 14.7 Å². The first kappa shape index (κ1) is 23.6. The Morgan fingerprint density at radius 2 is 1.75 bits per heavy atom. The number of allylic oxidation sites excluding steroid dienone is 3. The Kier molecular flexibility index (Phi) is 6.13. The Morgan fingerprint density at radius 1 is 1.06 bits per heavy atom. The number of carbonyl (C=O) groups is 2. The van der Waals surface area contributed by atoms with Crippen LogP contribution in [0.4, 0.5) is 0 Å². The molecule has 2 fully saturated rings. The van der Waals surface area contributed by atoms with Crippen molar-refractivity contribution in [1.29, 1.82) is 0 Å². The number of carboxylic acids is 1. The number of carbonyl (C=O) groups excluding carboxylic acids is 1. The number of aliphatic carboxylic acids is 1. The van der Waals surface area contributed by atoms with Crippen molar-refractivity contribution in [2.24, 2.45) is 34.5 Å². The van der Waals surface area contributed by atoms with E-state index in [0.29, 0.717) is 23.7 Å². The molecule has 4 aliphatic rings. The molecule has 0 aliphatic heterocycles. The van der Waals surface area contributed by atoms with E-state index in [1.165, 1.54) is 18.4 Å². The normalized spacial score (nSPS) is 38.5. The minimum Gasteiger partial charge on any atom is -0.481 e. The molecule has 4 nitrogen and oxygen atoms in total. The van der Waals surface area contributed by atoms with Crippen molar-refractivity contribution in [3.8, 4) is 0 Å². The average molecular weight is 442 g/mol.